The monoisotopic (exact) mass is 399 g/mol. The Kier molecular flexibility index (Phi) is 4.69. The van der Waals surface area contributed by atoms with Gasteiger partial charge in [0.25, 0.3) is 0 Å². The van der Waals surface area contributed by atoms with E-state index in [4.69, 9.17) is 4.98 Å². The highest BCUT2D eigenvalue weighted by Gasteiger charge is 2.42. The zero-order valence-corrected chi connectivity index (χ0v) is 17.3. The fraction of sp³-hybridized carbons (Fsp3) is 0.333. The highest BCUT2D eigenvalue weighted by molar-refractivity contribution is 6.04. The van der Waals surface area contributed by atoms with Crippen molar-refractivity contribution < 1.29 is 4.79 Å². The number of likely N-dealkylation sites (N-methyl/N-ethyl adjacent to an activating group) is 1. The molecular weight excluding hydrogens is 374 g/mol. The van der Waals surface area contributed by atoms with E-state index in [1.807, 2.05) is 37.5 Å². The van der Waals surface area contributed by atoms with Gasteiger partial charge in [-0.3, -0.25) is 9.78 Å². The molecule has 5 rings (SSSR count). The maximum absolute atomic E-state index is 13.0. The summed E-state index contributed by atoms with van der Waals surface area (Å²) in [5, 5.41) is 0. The zero-order valence-electron chi connectivity index (χ0n) is 17.3. The molecule has 0 N–H and O–H groups in total. The lowest BCUT2D eigenvalue weighted by Crippen LogP contribution is -2.57. The number of pyridine rings is 1. The summed E-state index contributed by atoms with van der Waals surface area (Å²) >= 11 is 0. The Morgan fingerprint density at radius 2 is 1.87 bits per heavy atom. The van der Waals surface area contributed by atoms with Gasteiger partial charge in [-0.25, -0.2) is 9.97 Å². The average molecular weight is 399 g/mol. The molecule has 152 valence electrons. The summed E-state index contributed by atoms with van der Waals surface area (Å²) in [4.78, 5) is 31.0. The van der Waals surface area contributed by atoms with Gasteiger partial charge in [-0.2, -0.15) is 0 Å². The van der Waals surface area contributed by atoms with E-state index in [1.165, 1.54) is 6.42 Å². The van der Waals surface area contributed by atoms with E-state index in [-0.39, 0.29) is 11.9 Å². The summed E-state index contributed by atoms with van der Waals surface area (Å²) in [6.07, 6.45) is 9.62. The summed E-state index contributed by atoms with van der Waals surface area (Å²) in [6.45, 7) is 2.07. The quantitative estimate of drug-likeness (QED) is 0.654. The van der Waals surface area contributed by atoms with Gasteiger partial charge in [0.05, 0.1) is 6.20 Å². The zero-order chi connectivity index (χ0) is 20.7. The minimum atomic E-state index is -0.165. The molecule has 2 aromatic heterocycles. The molecule has 1 aliphatic heterocycles. The number of rotatable bonds is 4. The summed E-state index contributed by atoms with van der Waals surface area (Å²) in [5.74, 6) is 1.66. The topological polar surface area (TPSA) is 62.2 Å². The van der Waals surface area contributed by atoms with Gasteiger partial charge in [0.15, 0.2) is 11.6 Å². The number of nitrogens with zero attached hydrogens (tertiary/aromatic N) is 5. The molecule has 1 atom stereocenters. The second kappa shape index (κ2) is 7.52. The van der Waals surface area contributed by atoms with Crippen molar-refractivity contribution in [2.75, 3.05) is 16.8 Å². The number of hydrogen-bond acceptors (Lipinski definition) is 5. The van der Waals surface area contributed by atoms with Crippen molar-refractivity contribution in [3.63, 3.8) is 0 Å². The number of carbonyl (C=O) groups excluding carboxylic acids is 1. The lowest BCUT2D eigenvalue weighted by molar-refractivity contribution is -0.120. The summed E-state index contributed by atoms with van der Waals surface area (Å²) < 4.78 is 0. The van der Waals surface area contributed by atoms with Crippen LogP contribution in [0.25, 0.3) is 22.5 Å². The molecule has 3 aromatic rings. The van der Waals surface area contributed by atoms with Crippen molar-refractivity contribution in [1.82, 2.24) is 15.0 Å². The largest absolute Gasteiger partial charge is 0.340 e. The molecule has 3 heterocycles. The Morgan fingerprint density at radius 1 is 1.07 bits per heavy atom. The number of fused-ring (bicyclic) bond motifs is 1. The number of aromatic nitrogens is 3. The van der Waals surface area contributed by atoms with Gasteiger partial charge in [0, 0.05) is 36.6 Å². The molecule has 6 nitrogen and oxygen atoms in total. The number of anilines is 2. The SMILES string of the molecule is CC[C@@H]1C(=O)N(C)c2cnc(-c3ccncc3-c3ccccc3)nc2N1C1CCC1. The first-order valence-electron chi connectivity index (χ1n) is 10.6. The van der Waals surface area contributed by atoms with Gasteiger partial charge in [0.2, 0.25) is 5.91 Å². The molecule has 0 saturated heterocycles. The van der Waals surface area contributed by atoms with Gasteiger partial charge in [-0.1, -0.05) is 37.3 Å². The molecule has 6 heteroatoms. The molecule has 0 unspecified atom stereocenters. The Bertz CT molecular complexity index is 1080. The fourth-order valence-electron chi connectivity index (χ4n) is 4.43. The molecule has 0 bridgehead atoms. The predicted octanol–water partition coefficient (Wildman–Crippen LogP) is 4.32. The standard InChI is InChI=1S/C24H25N5O/c1-3-20-24(30)28(2)21-15-26-22(27-23(21)29(20)17-10-7-11-17)18-12-13-25-14-19(18)16-8-5-4-6-9-16/h4-6,8-9,12-15,17,20H,3,7,10-11H2,1-2H3/t20-/m1/s1. The molecule has 0 radical (unpaired) electrons. The van der Waals surface area contributed by atoms with Crippen molar-refractivity contribution >= 4 is 17.4 Å². The number of carbonyl (C=O) groups is 1. The van der Waals surface area contributed by atoms with Crippen LogP contribution in [0.4, 0.5) is 11.5 Å². The van der Waals surface area contributed by atoms with E-state index in [1.54, 1.807) is 17.3 Å². The van der Waals surface area contributed by atoms with Crippen LogP contribution in [0.5, 0.6) is 0 Å². The first kappa shape index (κ1) is 18.7. The number of benzene rings is 1. The smallest absolute Gasteiger partial charge is 0.249 e. The molecule has 1 amide bonds. The third-order valence-corrected chi connectivity index (χ3v) is 6.31. The fourth-order valence-corrected chi connectivity index (χ4v) is 4.43. The summed E-state index contributed by atoms with van der Waals surface area (Å²) in [5.41, 5.74) is 3.81. The molecule has 1 aromatic carbocycles. The average Bonchev–Trinajstić information content (AvgIpc) is 2.76. The molecular formula is C24H25N5O. The van der Waals surface area contributed by atoms with Gasteiger partial charge in [-0.05, 0) is 37.3 Å². The molecule has 30 heavy (non-hydrogen) atoms. The van der Waals surface area contributed by atoms with Crippen molar-refractivity contribution in [1.29, 1.82) is 0 Å². The maximum atomic E-state index is 13.0. The number of hydrogen-bond donors (Lipinski definition) is 0. The highest BCUT2D eigenvalue weighted by atomic mass is 16.2. The van der Waals surface area contributed by atoms with Crippen LogP contribution >= 0.6 is 0 Å². The Hall–Kier alpha value is -3.28. The van der Waals surface area contributed by atoms with Crippen molar-refractivity contribution in [2.45, 2.75) is 44.7 Å². The molecule has 1 fully saturated rings. The van der Waals surface area contributed by atoms with Crippen LogP contribution in [0.3, 0.4) is 0 Å². The van der Waals surface area contributed by atoms with Gasteiger partial charge in [-0.15, -0.1) is 0 Å². The van der Waals surface area contributed by atoms with E-state index in [2.05, 4.69) is 33.9 Å². The minimum Gasteiger partial charge on any atom is -0.340 e. The first-order chi connectivity index (χ1) is 14.7. The second-order valence-electron chi connectivity index (χ2n) is 8.00. The lowest BCUT2D eigenvalue weighted by Gasteiger charge is -2.47. The Balaban J connectivity index is 1.65. The lowest BCUT2D eigenvalue weighted by atomic mass is 9.88. The van der Waals surface area contributed by atoms with Crippen LogP contribution < -0.4 is 9.80 Å². The normalized spacial score (nSPS) is 18.9. The van der Waals surface area contributed by atoms with Gasteiger partial charge < -0.3 is 9.80 Å². The maximum Gasteiger partial charge on any atom is 0.249 e. The third-order valence-electron chi connectivity index (χ3n) is 6.31. The number of amides is 1. The van der Waals surface area contributed by atoms with Crippen molar-refractivity contribution in [3.8, 4) is 22.5 Å². The van der Waals surface area contributed by atoms with E-state index < -0.39 is 0 Å². The van der Waals surface area contributed by atoms with E-state index in [0.29, 0.717) is 11.9 Å². The van der Waals surface area contributed by atoms with Crippen molar-refractivity contribution in [3.05, 3.63) is 55.0 Å². The second-order valence-corrected chi connectivity index (χ2v) is 8.00. The van der Waals surface area contributed by atoms with Crippen molar-refractivity contribution in [2.24, 2.45) is 0 Å². The molecule has 1 aliphatic carbocycles. The van der Waals surface area contributed by atoms with E-state index >= 15 is 0 Å². The third kappa shape index (κ3) is 2.95. The highest BCUT2D eigenvalue weighted by Crippen LogP contribution is 2.41. The van der Waals surface area contributed by atoms with Crippen LogP contribution in [-0.2, 0) is 4.79 Å². The Labute approximate surface area is 176 Å². The van der Waals surface area contributed by atoms with Gasteiger partial charge in [0.1, 0.15) is 11.7 Å². The van der Waals surface area contributed by atoms with Gasteiger partial charge >= 0.3 is 0 Å². The Morgan fingerprint density at radius 3 is 2.57 bits per heavy atom. The molecule has 1 saturated carbocycles. The van der Waals surface area contributed by atoms with Crippen LogP contribution in [0.15, 0.2) is 55.0 Å². The minimum absolute atomic E-state index is 0.127. The van der Waals surface area contributed by atoms with Crippen LogP contribution in [0.2, 0.25) is 0 Å². The van der Waals surface area contributed by atoms with Crippen LogP contribution in [-0.4, -0.2) is 40.0 Å². The first-order valence-corrected chi connectivity index (χ1v) is 10.6. The molecule has 0 spiro atoms. The molecule has 2 aliphatic rings. The predicted molar refractivity (Wildman–Crippen MR) is 118 cm³/mol. The summed E-state index contributed by atoms with van der Waals surface area (Å²) in [6, 6.07) is 12.4. The van der Waals surface area contributed by atoms with E-state index in [0.717, 1.165) is 47.5 Å². The summed E-state index contributed by atoms with van der Waals surface area (Å²) in [7, 11) is 1.83. The van der Waals surface area contributed by atoms with Crippen LogP contribution in [0.1, 0.15) is 32.6 Å². The van der Waals surface area contributed by atoms with Crippen LogP contribution in [0, 0.1) is 0 Å². The van der Waals surface area contributed by atoms with E-state index in [9.17, 15) is 4.79 Å².